The largest absolute Gasteiger partial charge is 0.304 e. The molecule has 0 aliphatic heterocycles. The van der Waals surface area contributed by atoms with E-state index >= 15 is 0 Å². The van der Waals surface area contributed by atoms with Crippen LogP contribution in [-0.2, 0) is 13.0 Å². The van der Waals surface area contributed by atoms with Crippen LogP contribution in [0.15, 0.2) is 12.3 Å². The zero-order valence-electron chi connectivity index (χ0n) is 10.2. The van der Waals surface area contributed by atoms with Gasteiger partial charge in [-0.3, -0.25) is 0 Å². The molecule has 2 aromatic heterocycles. The molecule has 0 radical (unpaired) electrons. The lowest BCUT2D eigenvalue weighted by atomic mass is 9.94. The molecule has 2 heterocycles. The van der Waals surface area contributed by atoms with Crippen molar-refractivity contribution in [2.75, 3.05) is 0 Å². The minimum absolute atomic E-state index is 0.526. The topological polar surface area (TPSA) is 24.9 Å². The fraction of sp³-hybridized carbons (Fsp3) is 0.462. The third-order valence-electron chi connectivity index (χ3n) is 3.25. The van der Waals surface area contributed by atoms with E-state index in [1.807, 2.05) is 17.5 Å². The number of hydrogen-bond acceptors (Lipinski definition) is 4. The predicted octanol–water partition coefficient (Wildman–Crippen LogP) is 4.28. The van der Waals surface area contributed by atoms with Crippen molar-refractivity contribution >= 4 is 45.3 Å². The Morgan fingerprint density at radius 1 is 1.50 bits per heavy atom. The van der Waals surface area contributed by atoms with Crippen molar-refractivity contribution in [3.63, 3.8) is 0 Å². The fourth-order valence-electron chi connectivity index (χ4n) is 2.43. The van der Waals surface area contributed by atoms with Gasteiger partial charge in [-0.05, 0) is 60.4 Å². The third-order valence-corrected chi connectivity index (χ3v) is 6.14. The standard InChI is InChI=1S/C13H15IN2S2/c1-8-6-16-13(17-8)7-15-10-3-2-4-11-9(10)5-12(14)18-11/h5-6,10,15H,2-4,7H2,1H3. The second-order valence-electron chi connectivity index (χ2n) is 4.62. The molecular formula is C13H15IN2S2. The van der Waals surface area contributed by atoms with Crippen LogP contribution in [0.3, 0.4) is 0 Å². The average molecular weight is 390 g/mol. The molecule has 0 amide bonds. The maximum absolute atomic E-state index is 4.42. The van der Waals surface area contributed by atoms with E-state index < -0.39 is 0 Å². The van der Waals surface area contributed by atoms with Crippen LogP contribution in [-0.4, -0.2) is 4.98 Å². The van der Waals surface area contributed by atoms with E-state index in [4.69, 9.17) is 0 Å². The van der Waals surface area contributed by atoms with E-state index in [0.717, 1.165) is 6.54 Å². The number of aryl methyl sites for hydroxylation is 2. The summed E-state index contributed by atoms with van der Waals surface area (Å²) in [6, 6.07) is 2.88. The molecular weight excluding hydrogens is 375 g/mol. The van der Waals surface area contributed by atoms with Gasteiger partial charge in [-0.1, -0.05) is 0 Å². The lowest BCUT2D eigenvalue weighted by molar-refractivity contribution is 0.462. The summed E-state index contributed by atoms with van der Waals surface area (Å²) in [6.07, 6.45) is 5.78. The highest BCUT2D eigenvalue weighted by molar-refractivity contribution is 14.1. The summed E-state index contributed by atoms with van der Waals surface area (Å²) in [5.74, 6) is 0. The maximum Gasteiger partial charge on any atom is 0.107 e. The molecule has 1 N–H and O–H groups in total. The predicted molar refractivity (Wildman–Crippen MR) is 86.4 cm³/mol. The van der Waals surface area contributed by atoms with Crippen LogP contribution in [0.4, 0.5) is 0 Å². The van der Waals surface area contributed by atoms with Crippen LogP contribution < -0.4 is 5.32 Å². The van der Waals surface area contributed by atoms with E-state index in [0.29, 0.717) is 6.04 Å². The fourth-order valence-corrected chi connectivity index (χ4v) is 5.28. The normalized spacial score (nSPS) is 18.9. The van der Waals surface area contributed by atoms with Crippen LogP contribution in [0, 0.1) is 9.81 Å². The summed E-state index contributed by atoms with van der Waals surface area (Å²) in [6.45, 7) is 3.01. The van der Waals surface area contributed by atoms with Gasteiger partial charge in [0.25, 0.3) is 0 Å². The van der Waals surface area contributed by atoms with Crippen LogP contribution in [0.1, 0.15) is 39.2 Å². The Balaban J connectivity index is 1.70. The number of thiazole rings is 1. The molecule has 0 bridgehead atoms. The lowest BCUT2D eigenvalue weighted by Crippen LogP contribution is -2.23. The number of halogens is 1. The van der Waals surface area contributed by atoms with Gasteiger partial charge in [0.2, 0.25) is 0 Å². The molecule has 18 heavy (non-hydrogen) atoms. The van der Waals surface area contributed by atoms with Crippen molar-refractivity contribution in [2.45, 2.75) is 38.8 Å². The Kier molecular flexibility index (Phi) is 4.03. The van der Waals surface area contributed by atoms with Crippen molar-refractivity contribution in [3.05, 3.63) is 35.5 Å². The lowest BCUT2D eigenvalue weighted by Gasteiger charge is -2.23. The van der Waals surface area contributed by atoms with E-state index in [9.17, 15) is 0 Å². The van der Waals surface area contributed by atoms with Gasteiger partial charge in [-0.2, -0.15) is 0 Å². The molecule has 2 aromatic rings. The Morgan fingerprint density at radius 2 is 2.39 bits per heavy atom. The number of nitrogens with zero attached hydrogens (tertiary/aromatic N) is 1. The number of rotatable bonds is 3. The van der Waals surface area contributed by atoms with Gasteiger partial charge in [0.15, 0.2) is 0 Å². The van der Waals surface area contributed by atoms with Crippen molar-refractivity contribution in [3.8, 4) is 0 Å². The Bertz CT molecular complexity index is 547. The summed E-state index contributed by atoms with van der Waals surface area (Å²) in [5.41, 5.74) is 1.53. The molecule has 0 saturated carbocycles. The molecule has 5 heteroatoms. The van der Waals surface area contributed by atoms with Gasteiger partial charge >= 0.3 is 0 Å². The van der Waals surface area contributed by atoms with E-state index in [2.05, 4.69) is 45.9 Å². The molecule has 96 valence electrons. The highest BCUT2D eigenvalue weighted by Gasteiger charge is 2.22. The molecule has 0 spiro atoms. The van der Waals surface area contributed by atoms with Crippen LogP contribution in [0.2, 0.25) is 0 Å². The van der Waals surface area contributed by atoms with Gasteiger partial charge in [-0.15, -0.1) is 22.7 Å². The summed E-state index contributed by atoms with van der Waals surface area (Å²) >= 11 is 6.18. The Hall–Kier alpha value is 0.0200. The molecule has 2 nitrogen and oxygen atoms in total. The molecule has 0 saturated heterocycles. The van der Waals surface area contributed by atoms with Crippen molar-refractivity contribution in [1.82, 2.24) is 10.3 Å². The number of thiophene rings is 1. The van der Waals surface area contributed by atoms with Crippen LogP contribution in [0.5, 0.6) is 0 Å². The number of fused-ring (bicyclic) bond motifs is 1. The van der Waals surface area contributed by atoms with Gasteiger partial charge in [0.1, 0.15) is 5.01 Å². The minimum atomic E-state index is 0.526. The average Bonchev–Trinajstić information content (AvgIpc) is 2.91. The zero-order valence-corrected chi connectivity index (χ0v) is 14.0. The van der Waals surface area contributed by atoms with Crippen LogP contribution in [0.25, 0.3) is 0 Å². The van der Waals surface area contributed by atoms with Gasteiger partial charge in [0, 0.05) is 28.5 Å². The first-order valence-electron chi connectivity index (χ1n) is 6.15. The van der Waals surface area contributed by atoms with Crippen molar-refractivity contribution in [2.24, 2.45) is 0 Å². The molecule has 1 unspecified atom stereocenters. The second-order valence-corrected chi connectivity index (χ2v) is 8.97. The Morgan fingerprint density at radius 3 is 3.17 bits per heavy atom. The zero-order chi connectivity index (χ0) is 12.5. The minimum Gasteiger partial charge on any atom is -0.304 e. The van der Waals surface area contributed by atoms with E-state index in [1.165, 1.54) is 37.6 Å². The van der Waals surface area contributed by atoms with Gasteiger partial charge in [-0.25, -0.2) is 4.98 Å². The summed E-state index contributed by atoms with van der Waals surface area (Å²) in [4.78, 5) is 7.29. The first-order chi connectivity index (χ1) is 8.72. The van der Waals surface area contributed by atoms with Gasteiger partial charge in [0.05, 0.1) is 2.88 Å². The Labute approximate surface area is 129 Å². The smallest absolute Gasteiger partial charge is 0.107 e. The molecule has 3 rings (SSSR count). The van der Waals surface area contributed by atoms with Crippen LogP contribution >= 0.6 is 45.3 Å². The van der Waals surface area contributed by atoms with Crippen molar-refractivity contribution in [1.29, 1.82) is 0 Å². The number of hydrogen-bond donors (Lipinski definition) is 1. The quantitative estimate of drug-likeness (QED) is 0.792. The first-order valence-corrected chi connectivity index (χ1v) is 8.86. The summed E-state index contributed by atoms with van der Waals surface area (Å²) < 4.78 is 1.41. The number of nitrogens with one attached hydrogen (secondary N) is 1. The summed E-state index contributed by atoms with van der Waals surface area (Å²) in [7, 11) is 0. The highest BCUT2D eigenvalue weighted by Crippen LogP contribution is 2.36. The molecule has 0 fully saturated rings. The monoisotopic (exact) mass is 390 g/mol. The molecule has 1 aliphatic carbocycles. The van der Waals surface area contributed by atoms with E-state index in [-0.39, 0.29) is 0 Å². The third kappa shape index (κ3) is 2.79. The maximum atomic E-state index is 4.42. The van der Waals surface area contributed by atoms with Gasteiger partial charge < -0.3 is 5.32 Å². The molecule has 1 aliphatic rings. The van der Waals surface area contributed by atoms with Crippen molar-refractivity contribution < 1.29 is 0 Å². The second kappa shape index (κ2) is 5.56. The molecule has 1 atom stereocenters. The number of aromatic nitrogens is 1. The highest BCUT2D eigenvalue weighted by atomic mass is 127. The molecule has 0 aromatic carbocycles. The SMILES string of the molecule is Cc1cnc(CNC2CCCc3sc(I)cc32)s1. The first kappa shape index (κ1) is 13.0. The summed E-state index contributed by atoms with van der Waals surface area (Å²) in [5, 5.41) is 4.87. The van der Waals surface area contributed by atoms with E-state index in [1.54, 1.807) is 16.2 Å².